The Morgan fingerprint density at radius 2 is 0.830 bits per heavy atom. The number of benzene rings is 6. The van der Waals surface area contributed by atoms with Crippen LogP contribution >= 0.6 is 0 Å². The summed E-state index contributed by atoms with van der Waals surface area (Å²) in [7, 11) is 0. The Morgan fingerprint density at radius 3 is 1.28 bits per heavy atom. The normalized spacial score (nSPS) is 16.0. The molecule has 2 aliphatic carbocycles. The fraction of sp³-hybridized carbons (Fsp3) is 0.0800. The molecule has 2 aliphatic rings. The van der Waals surface area contributed by atoms with Crippen LogP contribution in [0.15, 0.2) is 158 Å². The summed E-state index contributed by atoms with van der Waals surface area (Å²) in [5.74, 6) is 0. The number of hydrogen-bond donors (Lipinski definition) is 0. The molecular formula is C50H36N2Zr. The summed E-state index contributed by atoms with van der Waals surface area (Å²) in [6.45, 7) is 4.24. The molecule has 8 aromatic rings. The molecule has 0 saturated carbocycles. The van der Waals surface area contributed by atoms with Gasteiger partial charge in [0.15, 0.2) is 0 Å². The number of rotatable bonds is 6. The van der Waals surface area contributed by atoms with E-state index in [0.29, 0.717) is 7.25 Å². The average Bonchev–Trinajstić information content (AvgIpc) is 3.77. The zero-order valence-electron chi connectivity index (χ0n) is 29.7. The van der Waals surface area contributed by atoms with Gasteiger partial charge in [-0.05, 0) is 0 Å². The molecule has 2 unspecified atom stereocenters. The third kappa shape index (κ3) is 5.58. The van der Waals surface area contributed by atoms with Gasteiger partial charge in [-0.2, -0.15) is 0 Å². The van der Waals surface area contributed by atoms with Crippen molar-refractivity contribution < 1.29 is 23.2 Å². The van der Waals surface area contributed by atoms with Crippen molar-refractivity contribution in [1.82, 2.24) is 9.97 Å². The van der Waals surface area contributed by atoms with Crippen molar-refractivity contribution in [2.75, 3.05) is 0 Å². The molecule has 0 spiro atoms. The second-order valence-electron chi connectivity index (χ2n) is 14.3. The molecule has 6 aromatic carbocycles. The molecule has 53 heavy (non-hydrogen) atoms. The Kier molecular flexibility index (Phi) is 8.00. The van der Waals surface area contributed by atoms with Crippen molar-refractivity contribution in [3.63, 3.8) is 0 Å². The van der Waals surface area contributed by atoms with E-state index in [-0.39, 0.29) is 0 Å². The van der Waals surface area contributed by atoms with E-state index in [1.807, 2.05) is 12.4 Å². The standard InChI is InChI=1S/2C25H18N.Zr/c2*1-17-12-13-25(26-16-17)20-14-19-8-5-11-23(24(19)15-20)22-10-4-7-18-6-2-3-9-21(18)22;/h2*2-16H,1H3;. The number of pyridine rings is 2. The monoisotopic (exact) mass is 754 g/mol. The molecule has 0 fully saturated rings. The van der Waals surface area contributed by atoms with Gasteiger partial charge in [0, 0.05) is 0 Å². The van der Waals surface area contributed by atoms with Crippen LogP contribution in [0.1, 0.15) is 52.0 Å². The first-order valence-corrected chi connectivity index (χ1v) is 21.2. The van der Waals surface area contributed by atoms with Gasteiger partial charge in [0.2, 0.25) is 0 Å². The summed E-state index contributed by atoms with van der Waals surface area (Å²) >= 11 is -1.36. The van der Waals surface area contributed by atoms with Crippen molar-refractivity contribution in [1.29, 1.82) is 0 Å². The third-order valence-corrected chi connectivity index (χ3v) is 15.7. The number of aryl methyl sites for hydroxylation is 2. The first-order valence-electron chi connectivity index (χ1n) is 18.4. The molecule has 2 atom stereocenters. The molecule has 0 saturated heterocycles. The summed E-state index contributed by atoms with van der Waals surface area (Å²) in [4.78, 5) is 10.1. The molecule has 0 aliphatic heterocycles. The minimum absolute atomic E-state index is 0.310. The van der Waals surface area contributed by atoms with Gasteiger partial charge < -0.3 is 0 Å². The zero-order chi connectivity index (χ0) is 35.5. The second kappa shape index (κ2) is 13.2. The van der Waals surface area contributed by atoms with Crippen molar-refractivity contribution in [2.45, 2.75) is 21.1 Å². The van der Waals surface area contributed by atoms with Crippen LogP contribution in [0.2, 0.25) is 0 Å². The fourth-order valence-electron chi connectivity index (χ4n) is 8.44. The first-order chi connectivity index (χ1) is 26.1. The topological polar surface area (TPSA) is 25.8 Å². The van der Waals surface area contributed by atoms with Gasteiger partial charge in [0.05, 0.1) is 0 Å². The van der Waals surface area contributed by atoms with Crippen molar-refractivity contribution in [3.8, 4) is 22.3 Å². The minimum atomic E-state index is -1.36. The van der Waals surface area contributed by atoms with Gasteiger partial charge in [-0.15, -0.1) is 0 Å². The van der Waals surface area contributed by atoms with Crippen LogP contribution in [0.5, 0.6) is 0 Å². The van der Waals surface area contributed by atoms with Gasteiger partial charge in [-0.25, -0.2) is 0 Å². The van der Waals surface area contributed by atoms with Crippen molar-refractivity contribution >= 4 is 44.8 Å². The fourth-order valence-corrected chi connectivity index (χ4v) is 13.4. The van der Waals surface area contributed by atoms with Crippen LogP contribution in [0, 0.1) is 13.8 Å². The maximum atomic E-state index is 5.07. The number of aromatic nitrogens is 2. The van der Waals surface area contributed by atoms with Crippen LogP contribution in [-0.2, 0) is 23.2 Å². The van der Waals surface area contributed by atoms with Gasteiger partial charge >= 0.3 is 324 Å². The molecule has 0 N–H and O–H groups in total. The van der Waals surface area contributed by atoms with Crippen molar-refractivity contribution in [2.24, 2.45) is 0 Å². The van der Waals surface area contributed by atoms with Crippen LogP contribution in [0.25, 0.3) is 67.1 Å². The van der Waals surface area contributed by atoms with Crippen LogP contribution in [-0.4, -0.2) is 9.97 Å². The Hall–Kier alpha value is -5.50. The summed E-state index contributed by atoms with van der Waals surface area (Å²) in [5.41, 5.74) is 18.0. The summed E-state index contributed by atoms with van der Waals surface area (Å²) in [6, 6.07) is 53.8. The van der Waals surface area contributed by atoms with Gasteiger partial charge in [-0.3, -0.25) is 0 Å². The molecule has 250 valence electrons. The molecule has 3 heteroatoms. The average molecular weight is 756 g/mol. The Morgan fingerprint density at radius 1 is 0.415 bits per heavy atom. The van der Waals surface area contributed by atoms with E-state index in [2.05, 4.69) is 172 Å². The molecule has 0 amide bonds. The Labute approximate surface area is 322 Å². The van der Waals surface area contributed by atoms with E-state index in [9.17, 15) is 0 Å². The van der Waals surface area contributed by atoms with Crippen molar-refractivity contribution in [3.05, 3.63) is 203 Å². The first kappa shape index (κ1) is 32.2. The van der Waals surface area contributed by atoms with E-state index in [0.717, 1.165) is 11.4 Å². The Bertz CT molecular complexity index is 2570. The number of hydrogen-bond acceptors (Lipinski definition) is 2. The van der Waals surface area contributed by atoms with Crippen LogP contribution in [0.3, 0.4) is 0 Å². The summed E-state index contributed by atoms with van der Waals surface area (Å²) < 4.78 is 0.620. The maximum absolute atomic E-state index is 5.07. The number of allylic oxidation sites excluding steroid dienone is 2. The summed E-state index contributed by atoms with van der Waals surface area (Å²) in [6.07, 6.45) is 9.00. The predicted molar refractivity (Wildman–Crippen MR) is 218 cm³/mol. The van der Waals surface area contributed by atoms with E-state index in [1.165, 1.54) is 88.3 Å². The molecule has 2 heterocycles. The van der Waals surface area contributed by atoms with E-state index < -0.39 is 23.2 Å². The van der Waals surface area contributed by atoms with Crippen LogP contribution < -0.4 is 0 Å². The summed E-state index contributed by atoms with van der Waals surface area (Å²) in [5, 5.41) is 5.11. The van der Waals surface area contributed by atoms with Gasteiger partial charge in [0.25, 0.3) is 0 Å². The molecule has 10 rings (SSSR count). The van der Waals surface area contributed by atoms with Gasteiger partial charge in [-0.1, -0.05) is 0 Å². The van der Waals surface area contributed by atoms with Gasteiger partial charge in [0.1, 0.15) is 0 Å². The number of fused-ring (bicyclic) bond motifs is 4. The SMILES string of the molecule is Cc1ccc(C2=Cc3c(-c4cccc5ccccc45)cccc3[CH]2[Zr][CH]2C(c3ccc(C)cn3)=Cc3c(-c4cccc5ccccc45)cccc32)nc1. The Balaban J connectivity index is 1.16. The van der Waals surface area contributed by atoms with E-state index in [4.69, 9.17) is 9.97 Å². The molecular weight excluding hydrogens is 720 g/mol. The predicted octanol–water partition coefficient (Wildman–Crippen LogP) is 12.7. The second-order valence-corrected chi connectivity index (χ2v) is 18.0. The molecule has 2 nitrogen and oxygen atoms in total. The zero-order valence-corrected chi connectivity index (χ0v) is 32.2. The molecule has 0 radical (unpaired) electrons. The van der Waals surface area contributed by atoms with E-state index in [1.54, 1.807) is 0 Å². The van der Waals surface area contributed by atoms with E-state index >= 15 is 0 Å². The molecule has 0 bridgehead atoms. The molecule has 2 aromatic heterocycles. The third-order valence-electron chi connectivity index (χ3n) is 11.0. The van der Waals surface area contributed by atoms with Crippen LogP contribution in [0.4, 0.5) is 0 Å². The number of nitrogens with zero attached hydrogens (tertiary/aromatic N) is 2. The quantitative estimate of drug-likeness (QED) is 0.169.